The summed E-state index contributed by atoms with van der Waals surface area (Å²) in [7, 11) is 0. The molecular formula is C60H79N9O16. The molecule has 6 unspecified atom stereocenters. The molecule has 16 N–H and O–H groups in total. The number of phenolic OH excluding ortho intramolecular Hbond substituents is 1. The normalized spacial score (nSPS) is 27.0. The minimum atomic E-state index is -2.28. The summed E-state index contributed by atoms with van der Waals surface area (Å²) in [5.41, 5.74) is 9.30. The summed E-state index contributed by atoms with van der Waals surface area (Å²) in [6.45, 7) is 5.51. The van der Waals surface area contributed by atoms with Gasteiger partial charge >= 0.3 is 0 Å². The van der Waals surface area contributed by atoms with Crippen LogP contribution in [0.4, 0.5) is 0 Å². The number of fused-ring (bicyclic) bond motifs is 2. The number of carbonyl (C=O) groups excluding carboxylic acids is 7. The number of hydrogen-bond acceptors (Lipinski definition) is 18. The van der Waals surface area contributed by atoms with E-state index in [1.165, 1.54) is 43.3 Å². The molecule has 7 rings (SSSR count). The fourth-order valence-corrected chi connectivity index (χ4v) is 10.7. The van der Waals surface area contributed by atoms with Crippen LogP contribution in [-0.4, -0.2) is 204 Å². The number of nitrogens with zero attached hydrogens (tertiary/aromatic N) is 2. The summed E-state index contributed by atoms with van der Waals surface area (Å²) in [5.74, 6) is -8.19. The van der Waals surface area contributed by atoms with Gasteiger partial charge in [-0.25, -0.2) is 0 Å². The zero-order chi connectivity index (χ0) is 61.8. The van der Waals surface area contributed by atoms with E-state index < -0.39 is 152 Å². The minimum Gasteiger partial charge on any atom is -0.508 e. The molecule has 3 heterocycles. The molecule has 0 aliphatic carbocycles. The second-order valence-electron chi connectivity index (χ2n) is 22.1. The van der Waals surface area contributed by atoms with Crippen molar-refractivity contribution in [3.05, 3.63) is 108 Å². The van der Waals surface area contributed by atoms with Crippen LogP contribution >= 0.6 is 0 Å². The van der Waals surface area contributed by atoms with Crippen LogP contribution < -0.4 is 42.4 Å². The monoisotopic (exact) mass is 1180 g/mol. The number of aliphatic hydroxyl groups is 7. The van der Waals surface area contributed by atoms with Crippen LogP contribution in [0.25, 0.3) is 22.3 Å². The number of aliphatic hydroxyl groups excluding tert-OH is 7. The van der Waals surface area contributed by atoms with E-state index in [0.717, 1.165) is 70.9 Å². The van der Waals surface area contributed by atoms with Crippen molar-refractivity contribution in [3.63, 3.8) is 0 Å². The second kappa shape index (κ2) is 29.5. The van der Waals surface area contributed by atoms with Crippen LogP contribution in [-0.2, 0) is 28.8 Å². The molecule has 15 atom stereocenters. The van der Waals surface area contributed by atoms with Gasteiger partial charge in [0.25, 0.3) is 5.91 Å². The highest BCUT2D eigenvalue weighted by atomic mass is 16.5. The van der Waals surface area contributed by atoms with E-state index >= 15 is 0 Å². The number of nitrogens with one attached hydrogen (secondary N) is 6. The maximum atomic E-state index is 14.7. The molecule has 4 aromatic rings. The summed E-state index contributed by atoms with van der Waals surface area (Å²) in [4.78, 5) is 103. The van der Waals surface area contributed by atoms with Gasteiger partial charge in [-0.3, -0.25) is 38.9 Å². The van der Waals surface area contributed by atoms with Crippen molar-refractivity contribution in [1.82, 2.24) is 41.7 Å². The number of nitrogens with two attached hydrogens (primary N) is 1. The fourth-order valence-electron chi connectivity index (χ4n) is 10.7. The number of amides is 7. The number of ether oxygens (including phenoxy) is 1. The molecule has 0 radical (unpaired) electrons. The number of carbonyl (C=O) groups is 7. The Bertz CT molecular complexity index is 2940. The second-order valence-corrected chi connectivity index (χ2v) is 22.1. The lowest BCUT2D eigenvalue weighted by atomic mass is 9.96. The molecular weight excluding hydrogens is 1100 g/mol. The molecule has 3 aliphatic heterocycles. The Kier molecular flexibility index (Phi) is 22.5. The van der Waals surface area contributed by atoms with Gasteiger partial charge < -0.3 is 87.7 Å². The minimum absolute atomic E-state index is 0.0489. The summed E-state index contributed by atoms with van der Waals surface area (Å²) >= 11 is 0. The van der Waals surface area contributed by atoms with Gasteiger partial charge in [-0.05, 0) is 84.5 Å². The third kappa shape index (κ3) is 16.0. The molecule has 25 nitrogen and oxygen atoms in total. The predicted molar refractivity (Wildman–Crippen MR) is 308 cm³/mol. The summed E-state index contributed by atoms with van der Waals surface area (Å²) in [6.07, 6.45) is -12.2. The first-order valence-corrected chi connectivity index (χ1v) is 28.6. The molecule has 3 aliphatic rings. The number of hydrogen-bond donors (Lipinski definition) is 15. The van der Waals surface area contributed by atoms with Gasteiger partial charge in [-0.1, -0.05) is 87.4 Å². The van der Waals surface area contributed by atoms with Crippen LogP contribution in [0.2, 0.25) is 0 Å². The Labute approximate surface area is 491 Å². The zero-order valence-corrected chi connectivity index (χ0v) is 47.8. The highest BCUT2D eigenvalue weighted by Crippen LogP contribution is 2.30. The Hall–Kier alpha value is -7.59. The molecule has 3 fully saturated rings. The van der Waals surface area contributed by atoms with Crippen molar-refractivity contribution in [2.24, 2.45) is 11.7 Å². The van der Waals surface area contributed by atoms with E-state index in [1.807, 2.05) is 48.5 Å². The van der Waals surface area contributed by atoms with Gasteiger partial charge in [-0.2, -0.15) is 0 Å². The molecule has 0 saturated carbocycles. The number of rotatable bonds is 17. The van der Waals surface area contributed by atoms with E-state index in [1.54, 1.807) is 12.1 Å². The number of benzene rings is 4. The first-order chi connectivity index (χ1) is 40.5. The number of phenols is 1. The summed E-state index contributed by atoms with van der Waals surface area (Å²) in [5, 5.41) is 105. The fraction of sp³-hybridized carbons (Fsp3) is 0.483. The van der Waals surface area contributed by atoms with Crippen molar-refractivity contribution in [1.29, 1.82) is 0 Å². The van der Waals surface area contributed by atoms with Crippen LogP contribution in [0.5, 0.6) is 11.5 Å². The van der Waals surface area contributed by atoms with Gasteiger partial charge in [0.1, 0.15) is 66.1 Å². The number of aromatic hydroxyl groups is 1. The van der Waals surface area contributed by atoms with Gasteiger partial charge in [0.05, 0.1) is 37.1 Å². The zero-order valence-electron chi connectivity index (χ0n) is 47.8. The summed E-state index contributed by atoms with van der Waals surface area (Å²) < 4.78 is 5.86. The molecule has 0 aromatic heterocycles. The quantitative estimate of drug-likeness (QED) is 0.0542. The van der Waals surface area contributed by atoms with Crippen molar-refractivity contribution in [2.45, 2.75) is 145 Å². The van der Waals surface area contributed by atoms with Gasteiger partial charge in [-0.15, -0.1) is 0 Å². The first kappa shape index (κ1) is 65.0. The molecule has 3 saturated heterocycles. The van der Waals surface area contributed by atoms with Crippen LogP contribution in [0.1, 0.15) is 81.8 Å². The van der Waals surface area contributed by atoms with Crippen molar-refractivity contribution >= 4 is 41.4 Å². The van der Waals surface area contributed by atoms with E-state index in [4.69, 9.17) is 10.5 Å². The van der Waals surface area contributed by atoms with Crippen LogP contribution in [0.3, 0.4) is 0 Å². The maximum absolute atomic E-state index is 14.7. The van der Waals surface area contributed by atoms with E-state index in [9.17, 15) is 74.4 Å². The third-order valence-electron chi connectivity index (χ3n) is 15.6. The van der Waals surface area contributed by atoms with Gasteiger partial charge in [0, 0.05) is 50.5 Å². The lowest BCUT2D eigenvalue weighted by Crippen LogP contribution is -2.64. The third-order valence-corrected chi connectivity index (χ3v) is 15.6. The van der Waals surface area contributed by atoms with E-state index in [-0.39, 0.29) is 36.5 Å². The van der Waals surface area contributed by atoms with Crippen molar-refractivity contribution in [2.75, 3.05) is 32.8 Å². The Balaban J connectivity index is 1.21. The van der Waals surface area contributed by atoms with Gasteiger partial charge in [0.2, 0.25) is 35.4 Å². The topological polar surface area (TPSA) is 395 Å². The molecule has 85 heavy (non-hydrogen) atoms. The summed E-state index contributed by atoms with van der Waals surface area (Å²) in [6, 6.07) is 15.3. The molecule has 4 aromatic carbocycles. The largest absolute Gasteiger partial charge is 0.508 e. The lowest BCUT2D eigenvalue weighted by molar-refractivity contribution is -0.148. The molecule has 0 spiro atoms. The highest BCUT2D eigenvalue weighted by molar-refractivity contribution is 6.00. The predicted octanol–water partition coefficient (Wildman–Crippen LogP) is -1.37. The van der Waals surface area contributed by atoms with Crippen LogP contribution in [0, 0.1) is 5.92 Å². The highest BCUT2D eigenvalue weighted by Gasteiger charge is 2.50. The Morgan fingerprint density at radius 1 is 0.671 bits per heavy atom. The number of unbranched alkanes of at least 4 members (excludes halogenated alkanes) is 2. The molecule has 0 bridgehead atoms. The smallest absolute Gasteiger partial charge is 0.251 e. The molecule has 25 heteroatoms. The van der Waals surface area contributed by atoms with Crippen molar-refractivity contribution in [3.8, 4) is 33.8 Å². The molecule has 7 amide bonds. The Morgan fingerprint density at radius 2 is 1.21 bits per heavy atom. The van der Waals surface area contributed by atoms with Crippen molar-refractivity contribution < 1.29 is 79.2 Å². The van der Waals surface area contributed by atoms with Gasteiger partial charge in [0.15, 0.2) is 0 Å². The molecule has 460 valence electrons. The lowest BCUT2D eigenvalue weighted by Gasteiger charge is -2.34. The first-order valence-electron chi connectivity index (χ1n) is 28.6. The van der Waals surface area contributed by atoms with E-state index in [0.29, 0.717) is 6.61 Å². The Morgan fingerprint density at radius 3 is 1.78 bits per heavy atom. The SMILES string of the molecule is CCCCCOc1ccc(-c2ccc(-c3ccc(C(=O)N[C@H]4C[C@@H](O)C(NCCN)NC(=O)C5[C@@H](O)[C@@H](C)CN5C(=O)C([C@@H](C)O)NC(=O)C([C@H](O)[C@@H](O)c5ccc(O)cc5)NC(=O)C5C[C@@H](O)CN5C(=O)C([C@@H](C)O)NC4=O)cc3)cc2)cc1. The van der Waals surface area contributed by atoms with E-state index in [2.05, 4.69) is 38.8 Å². The maximum Gasteiger partial charge on any atom is 0.251 e. The van der Waals surface area contributed by atoms with Crippen LogP contribution in [0.15, 0.2) is 97.1 Å². The average Bonchev–Trinajstić information content (AvgIpc) is 3.51. The average molecular weight is 1180 g/mol. The standard InChI is InChI=1S/C60H79N9O16/c1-5-6-7-26-85-42-22-18-37(19-23-42)35-10-8-34(9-11-35)36-12-14-39(15-13-36)54(78)63-43-28-45(74)53(62-25-24-61)67-58(82)49-50(75)31(2)29-69(49)60(84)47(33(4)71)65-57(81)48(52(77)51(76)38-16-20-40(72)21-17-38)66-56(80)44-27-41(73)30-68(44)59(83)46(32(3)70)64-55(43)79/h8-23,31-33,41,43-53,62,70-77H,5-7,24-30,61H2,1-4H3,(H,63,78)(H,64,79)(H,65,81)(H,66,80)(H,67,82)/t31-,32+,33+,41+,43-,44?,45+,46?,47?,48?,49?,50-,51-,52-,53?/m0/s1.